The molecule has 0 unspecified atom stereocenters. The summed E-state index contributed by atoms with van der Waals surface area (Å²) in [6.07, 6.45) is 1.74. The molecule has 0 bridgehead atoms. The maximum atomic E-state index is 12.5. The maximum Gasteiger partial charge on any atom is 0.253 e. The third-order valence-electron chi connectivity index (χ3n) is 4.03. The van der Waals surface area contributed by atoms with Crippen molar-refractivity contribution in [3.05, 3.63) is 58.9 Å². The number of pyridine rings is 1. The number of fused-ring (bicyclic) bond motifs is 1. The smallest absolute Gasteiger partial charge is 0.253 e. The molecule has 6 nitrogen and oxygen atoms in total. The first-order chi connectivity index (χ1) is 12.0. The van der Waals surface area contributed by atoms with Crippen LogP contribution in [-0.4, -0.2) is 20.7 Å². The largest absolute Gasteiger partial charge is 0.348 e. The van der Waals surface area contributed by atoms with Crippen LogP contribution in [0.4, 0.5) is 0 Å². The second kappa shape index (κ2) is 6.73. The van der Waals surface area contributed by atoms with Crippen molar-refractivity contribution in [3.63, 3.8) is 0 Å². The average molecular weight is 333 g/mol. The van der Waals surface area contributed by atoms with Gasteiger partial charge in [0.2, 0.25) is 0 Å². The van der Waals surface area contributed by atoms with E-state index in [1.54, 1.807) is 18.3 Å². The summed E-state index contributed by atoms with van der Waals surface area (Å²) in [6, 6.07) is 11.3. The second-order valence-electron chi connectivity index (χ2n) is 6.21. The van der Waals surface area contributed by atoms with Gasteiger partial charge in [0, 0.05) is 18.0 Å². The Bertz CT molecular complexity index is 964. The molecule has 3 aromatic rings. The van der Waals surface area contributed by atoms with E-state index >= 15 is 0 Å². The number of benzene rings is 1. The van der Waals surface area contributed by atoms with Crippen molar-refractivity contribution < 1.29 is 4.79 Å². The quantitative estimate of drug-likeness (QED) is 0.795. The molecule has 1 aromatic carbocycles. The fraction of sp³-hybridized carbons (Fsp3) is 0.263. The highest BCUT2D eigenvalue weighted by atomic mass is 16.1. The molecule has 2 heterocycles. The topological polar surface area (TPSA) is 83.6 Å². The minimum atomic E-state index is -0.173. The SMILES string of the molecule is Cc1nc2c(cnn2C(C)C)cc1C(=O)NCc1ccc(C#N)cc1. The minimum absolute atomic E-state index is 0.173. The lowest BCUT2D eigenvalue weighted by molar-refractivity contribution is 0.0950. The summed E-state index contributed by atoms with van der Waals surface area (Å²) in [5, 5.41) is 16.9. The predicted octanol–water partition coefficient (Wildman–Crippen LogP) is 3.12. The first-order valence-corrected chi connectivity index (χ1v) is 8.11. The van der Waals surface area contributed by atoms with E-state index in [0.717, 1.165) is 16.6 Å². The zero-order valence-corrected chi connectivity index (χ0v) is 14.4. The van der Waals surface area contributed by atoms with Gasteiger partial charge in [-0.05, 0) is 44.5 Å². The van der Waals surface area contributed by atoms with Crippen molar-refractivity contribution in [3.8, 4) is 6.07 Å². The van der Waals surface area contributed by atoms with Gasteiger partial charge >= 0.3 is 0 Å². The van der Waals surface area contributed by atoms with Crippen LogP contribution >= 0.6 is 0 Å². The molecule has 0 aliphatic rings. The van der Waals surface area contributed by atoms with E-state index in [1.807, 2.05) is 43.7 Å². The molecule has 2 aromatic heterocycles. The fourth-order valence-corrected chi connectivity index (χ4v) is 2.65. The summed E-state index contributed by atoms with van der Waals surface area (Å²) < 4.78 is 1.85. The maximum absolute atomic E-state index is 12.5. The number of aryl methyl sites for hydroxylation is 1. The van der Waals surface area contributed by atoms with Gasteiger partial charge in [-0.2, -0.15) is 10.4 Å². The van der Waals surface area contributed by atoms with Crippen LogP contribution < -0.4 is 5.32 Å². The van der Waals surface area contributed by atoms with Crippen LogP contribution in [0.1, 0.15) is 47.1 Å². The first kappa shape index (κ1) is 16.7. The van der Waals surface area contributed by atoms with Crippen molar-refractivity contribution in [2.24, 2.45) is 0 Å². The predicted molar refractivity (Wildman–Crippen MR) is 95.0 cm³/mol. The Labute approximate surface area is 146 Å². The molecule has 1 N–H and O–H groups in total. The molecule has 126 valence electrons. The molecule has 0 aliphatic carbocycles. The normalized spacial score (nSPS) is 10.8. The molecule has 0 atom stereocenters. The lowest BCUT2D eigenvalue weighted by atomic mass is 10.1. The zero-order valence-electron chi connectivity index (χ0n) is 14.4. The summed E-state index contributed by atoms with van der Waals surface area (Å²) in [5.74, 6) is -0.173. The summed E-state index contributed by atoms with van der Waals surface area (Å²) in [5.41, 5.74) is 3.54. The minimum Gasteiger partial charge on any atom is -0.348 e. The number of hydrogen-bond donors (Lipinski definition) is 1. The lowest BCUT2D eigenvalue weighted by Gasteiger charge is -2.10. The molecule has 0 spiro atoms. The third kappa shape index (κ3) is 3.36. The van der Waals surface area contributed by atoms with Crippen LogP contribution in [0.2, 0.25) is 0 Å². The Hall–Kier alpha value is -3.20. The molecule has 3 rings (SSSR count). The van der Waals surface area contributed by atoms with Gasteiger partial charge < -0.3 is 5.32 Å². The first-order valence-electron chi connectivity index (χ1n) is 8.11. The summed E-state index contributed by atoms with van der Waals surface area (Å²) in [7, 11) is 0. The lowest BCUT2D eigenvalue weighted by Crippen LogP contribution is -2.24. The second-order valence-corrected chi connectivity index (χ2v) is 6.21. The number of nitrogens with zero attached hydrogens (tertiary/aromatic N) is 4. The molecule has 25 heavy (non-hydrogen) atoms. The van der Waals surface area contributed by atoms with Gasteiger partial charge in [0.1, 0.15) is 0 Å². The summed E-state index contributed by atoms with van der Waals surface area (Å²) in [6.45, 7) is 6.31. The van der Waals surface area contributed by atoms with Gasteiger partial charge in [0.05, 0.1) is 29.1 Å². The summed E-state index contributed by atoms with van der Waals surface area (Å²) in [4.78, 5) is 17.1. The van der Waals surface area contributed by atoms with Crippen LogP contribution in [0, 0.1) is 18.3 Å². The van der Waals surface area contributed by atoms with Crippen molar-refractivity contribution >= 4 is 16.9 Å². The van der Waals surface area contributed by atoms with Gasteiger partial charge in [-0.1, -0.05) is 12.1 Å². The van der Waals surface area contributed by atoms with Gasteiger partial charge in [-0.15, -0.1) is 0 Å². The van der Waals surface area contributed by atoms with E-state index in [4.69, 9.17) is 5.26 Å². The molecular weight excluding hydrogens is 314 g/mol. The summed E-state index contributed by atoms with van der Waals surface area (Å²) >= 11 is 0. The number of carbonyl (C=O) groups is 1. The van der Waals surface area contributed by atoms with E-state index in [9.17, 15) is 4.79 Å². The Kier molecular flexibility index (Phi) is 4.48. The van der Waals surface area contributed by atoms with Gasteiger partial charge in [0.25, 0.3) is 5.91 Å². The standard InChI is InChI=1S/C19H19N5O/c1-12(2)24-18-16(11-22-24)8-17(13(3)23-18)19(25)21-10-15-6-4-14(9-20)5-7-15/h4-8,11-12H,10H2,1-3H3,(H,21,25). The number of amides is 1. The third-order valence-corrected chi connectivity index (χ3v) is 4.03. The average Bonchev–Trinajstić information content (AvgIpc) is 3.02. The van der Waals surface area contributed by atoms with Crippen LogP contribution in [0.15, 0.2) is 36.5 Å². The number of hydrogen-bond acceptors (Lipinski definition) is 4. The highest BCUT2D eigenvalue weighted by Gasteiger charge is 2.15. The van der Waals surface area contributed by atoms with Gasteiger partial charge in [-0.25, -0.2) is 9.67 Å². The highest BCUT2D eigenvalue weighted by Crippen LogP contribution is 2.19. The van der Waals surface area contributed by atoms with Crippen molar-refractivity contribution in [2.75, 3.05) is 0 Å². The van der Waals surface area contributed by atoms with Crippen LogP contribution in [0.3, 0.4) is 0 Å². The van der Waals surface area contributed by atoms with Crippen molar-refractivity contribution in [1.29, 1.82) is 5.26 Å². The van der Waals surface area contributed by atoms with Gasteiger partial charge in [0.15, 0.2) is 5.65 Å². The fourth-order valence-electron chi connectivity index (χ4n) is 2.65. The number of nitriles is 1. The Morgan fingerprint density at radius 3 is 2.68 bits per heavy atom. The molecule has 1 amide bonds. The molecule has 6 heteroatoms. The van der Waals surface area contributed by atoms with E-state index in [-0.39, 0.29) is 11.9 Å². The molecule has 0 saturated carbocycles. The number of aromatic nitrogens is 3. The molecule has 0 saturated heterocycles. The Morgan fingerprint density at radius 1 is 1.32 bits per heavy atom. The highest BCUT2D eigenvalue weighted by molar-refractivity contribution is 5.98. The Morgan fingerprint density at radius 2 is 2.04 bits per heavy atom. The van der Waals surface area contributed by atoms with E-state index < -0.39 is 0 Å². The molecule has 0 fully saturated rings. The van der Waals surface area contributed by atoms with Crippen molar-refractivity contribution in [1.82, 2.24) is 20.1 Å². The molecule has 0 radical (unpaired) electrons. The van der Waals surface area contributed by atoms with Crippen LogP contribution in [0.5, 0.6) is 0 Å². The van der Waals surface area contributed by atoms with E-state index in [0.29, 0.717) is 23.4 Å². The Balaban J connectivity index is 1.79. The van der Waals surface area contributed by atoms with Gasteiger partial charge in [-0.3, -0.25) is 4.79 Å². The number of rotatable bonds is 4. The van der Waals surface area contributed by atoms with E-state index in [2.05, 4.69) is 21.5 Å². The molecular formula is C19H19N5O. The van der Waals surface area contributed by atoms with E-state index in [1.165, 1.54) is 0 Å². The van der Waals surface area contributed by atoms with Crippen LogP contribution in [-0.2, 0) is 6.54 Å². The number of carbonyl (C=O) groups excluding carboxylic acids is 1. The van der Waals surface area contributed by atoms with Crippen LogP contribution in [0.25, 0.3) is 11.0 Å². The molecule has 0 aliphatic heterocycles. The van der Waals surface area contributed by atoms with Crippen molar-refractivity contribution in [2.45, 2.75) is 33.4 Å². The zero-order chi connectivity index (χ0) is 18.0. The number of nitrogens with one attached hydrogen (secondary N) is 1. The monoisotopic (exact) mass is 333 g/mol.